The zero-order chi connectivity index (χ0) is 15.7. The molecule has 0 bridgehead atoms. The zero-order valence-corrected chi connectivity index (χ0v) is 12.4. The Balaban J connectivity index is 2.62. The highest BCUT2D eigenvalue weighted by Gasteiger charge is 2.13. The summed E-state index contributed by atoms with van der Waals surface area (Å²) in [6.07, 6.45) is -3.04. The standard InChI is InChI=1S/C15H22F2O4/c1-3-20-13-6-5-11(9-14(13)21-4-2)12(18)7-8-19-10-15(16)17/h5-6,9,12,15,18H,3-4,7-8,10H2,1-2H3. The summed E-state index contributed by atoms with van der Waals surface area (Å²) in [6.45, 7) is 4.19. The molecule has 0 radical (unpaired) electrons. The number of benzene rings is 1. The molecule has 21 heavy (non-hydrogen) atoms. The first kappa shape index (κ1) is 17.7. The van der Waals surface area contributed by atoms with Crippen molar-refractivity contribution in [1.82, 2.24) is 0 Å². The van der Waals surface area contributed by atoms with Crippen molar-refractivity contribution in [1.29, 1.82) is 0 Å². The van der Waals surface area contributed by atoms with Crippen molar-refractivity contribution in [3.05, 3.63) is 23.8 Å². The van der Waals surface area contributed by atoms with Crippen LogP contribution in [0.25, 0.3) is 0 Å². The van der Waals surface area contributed by atoms with E-state index < -0.39 is 19.1 Å². The van der Waals surface area contributed by atoms with E-state index in [0.29, 0.717) is 30.3 Å². The third kappa shape index (κ3) is 6.27. The molecule has 1 aromatic carbocycles. The molecule has 1 atom stereocenters. The fourth-order valence-corrected chi connectivity index (χ4v) is 1.81. The maximum absolute atomic E-state index is 11.9. The second kappa shape index (κ2) is 9.52. The minimum atomic E-state index is -2.49. The average Bonchev–Trinajstić information content (AvgIpc) is 2.45. The molecular formula is C15H22F2O4. The van der Waals surface area contributed by atoms with Gasteiger partial charge in [-0.15, -0.1) is 0 Å². The Morgan fingerprint density at radius 1 is 1.10 bits per heavy atom. The van der Waals surface area contributed by atoms with Gasteiger partial charge in [0, 0.05) is 13.0 Å². The monoisotopic (exact) mass is 304 g/mol. The molecule has 0 aliphatic rings. The van der Waals surface area contributed by atoms with Gasteiger partial charge in [-0.25, -0.2) is 8.78 Å². The van der Waals surface area contributed by atoms with Gasteiger partial charge >= 0.3 is 0 Å². The molecule has 0 fully saturated rings. The van der Waals surface area contributed by atoms with Gasteiger partial charge in [-0.2, -0.15) is 0 Å². The first-order valence-corrected chi connectivity index (χ1v) is 7.02. The fraction of sp³-hybridized carbons (Fsp3) is 0.600. The van der Waals surface area contributed by atoms with Gasteiger partial charge in [0.05, 0.1) is 19.3 Å². The van der Waals surface area contributed by atoms with Crippen LogP contribution < -0.4 is 9.47 Å². The van der Waals surface area contributed by atoms with Gasteiger partial charge in [0.25, 0.3) is 6.43 Å². The van der Waals surface area contributed by atoms with E-state index in [9.17, 15) is 13.9 Å². The van der Waals surface area contributed by atoms with Gasteiger partial charge in [-0.3, -0.25) is 0 Å². The molecule has 1 rings (SSSR count). The van der Waals surface area contributed by atoms with Crippen LogP contribution in [0.2, 0.25) is 0 Å². The van der Waals surface area contributed by atoms with Gasteiger partial charge in [0.2, 0.25) is 0 Å². The lowest BCUT2D eigenvalue weighted by Gasteiger charge is -2.15. The summed E-state index contributed by atoms with van der Waals surface area (Å²) >= 11 is 0. The number of rotatable bonds is 10. The molecule has 0 amide bonds. The minimum Gasteiger partial charge on any atom is -0.490 e. The van der Waals surface area contributed by atoms with Crippen LogP contribution in [0.1, 0.15) is 31.9 Å². The molecule has 0 aliphatic heterocycles. The Morgan fingerprint density at radius 2 is 1.76 bits per heavy atom. The largest absolute Gasteiger partial charge is 0.490 e. The van der Waals surface area contributed by atoms with Gasteiger partial charge in [-0.05, 0) is 31.5 Å². The van der Waals surface area contributed by atoms with Crippen molar-refractivity contribution in [2.45, 2.75) is 32.8 Å². The smallest absolute Gasteiger partial charge is 0.261 e. The Kier molecular flexibility index (Phi) is 8.00. The first-order valence-electron chi connectivity index (χ1n) is 7.02. The van der Waals surface area contributed by atoms with Crippen molar-refractivity contribution in [2.75, 3.05) is 26.4 Å². The van der Waals surface area contributed by atoms with E-state index in [1.165, 1.54) is 0 Å². The van der Waals surface area contributed by atoms with E-state index in [1.54, 1.807) is 18.2 Å². The van der Waals surface area contributed by atoms with Crippen molar-refractivity contribution in [3.63, 3.8) is 0 Å². The van der Waals surface area contributed by atoms with Gasteiger partial charge in [-0.1, -0.05) is 6.07 Å². The van der Waals surface area contributed by atoms with E-state index in [0.717, 1.165) is 0 Å². The summed E-state index contributed by atoms with van der Waals surface area (Å²) in [5.41, 5.74) is 0.641. The molecule has 1 N–H and O–H groups in total. The van der Waals surface area contributed by atoms with Crippen LogP contribution in [0.15, 0.2) is 18.2 Å². The molecule has 0 aromatic heterocycles. The lowest BCUT2D eigenvalue weighted by atomic mass is 10.1. The molecule has 6 heteroatoms. The predicted molar refractivity (Wildman–Crippen MR) is 75.2 cm³/mol. The fourth-order valence-electron chi connectivity index (χ4n) is 1.81. The SMILES string of the molecule is CCOc1ccc(C(O)CCOCC(F)F)cc1OCC. The third-order valence-corrected chi connectivity index (χ3v) is 2.73. The highest BCUT2D eigenvalue weighted by Crippen LogP contribution is 2.31. The molecule has 0 aliphatic carbocycles. The van der Waals surface area contributed by atoms with Gasteiger partial charge < -0.3 is 19.3 Å². The molecule has 0 heterocycles. The molecule has 120 valence electrons. The summed E-state index contributed by atoms with van der Waals surface area (Å²) in [5.74, 6) is 1.17. The van der Waals surface area contributed by atoms with E-state index in [4.69, 9.17) is 14.2 Å². The lowest BCUT2D eigenvalue weighted by molar-refractivity contribution is 0.00479. The van der Waals surface area contributed by atoms with E-state index in [1.807, 2.05) is 13.8 Å². The number of aliphatic hydroxyl groups excluding tert-OH is 1. The van der Waals surface area contributed by atoms with Crippen LogP contribution >= 0.6 is 0 Å². The number of halogens is 2. The molecular weight excluding hydrogens is 282 g/mol. The van der Waals surface area contributed by atoms with Crippen LogP contribution in [-0.4, -0.2) is 38.0 Å². The average molecular weight is 304 g/mol. The molecule has 4 nitrogen and oxygen atoms in total. The number of hydrogen-bond acceptors (Lipinski definition) is 4. The van der Waals surface area contributed by atoms with E-state index in [-0.39, 0.29) is 13.0 Å². The second-order valence-corrected chi connectivity index (χ2v) is 4.34. The number of alkyl halides is 2. The van der Waals surface area contributed by atoms with Crippen LogP contribution in [0, 0.1) is 0 Å². The number of ether oxygens (including phenoxy) is 3. The Labute approximate surface area is 123 Å². The minimum absolute atomic E-state index is 0.0721. The quantitative estimate of drug-likeness (QED) is 0.674. The molecule has 0 saturated heterocycles. The summed E-state index contributed by atoms with van der Waals surface area (Å²) in [5, 5.41) is 10.0. The van der Waals surface area contributed by atoms with Gasteiger partial charge in [0.15, 0.2) is 11.5 Å². The van der Waals surface area contributed by atoms with Gasteiger partial charge in [0.1, 0.15) is 6.61 Å². The molecule has 1 unspecified atom stereocenters. The van der Waals surface area contributed by atoms with Crippen LogP contribution in [0.5, 0.6) is 11.5 Å². The topological polar surface area (TPSA) is 47.9 Å². The maximum Gasteiger partial charge on any atom is 0.261 e. The number of hydrogen-bond donors (Lipinski definition) is 1. The summed E-state index contributed by atoms with van der Waals surface area (Å²) in [6, 6.07) is 5.16. The molecule has 0 saturated carbocycles. The molecule has 0 spiro atoms. The second-order valence-electron chi connectivity index (χ2n) is 4.34. The zero-order valence-electron chi connectivity index (χ0n) is 12.4. The first-order chi connectivity index (χ1) is 10.1. The van der Waals surface area contributed by atoms with Crippen molar-refractivity contribution in [3.8, 4) is 11.5 Å². The Morgan fingerprint density at radius 3 is 2.38 bits per heavy atom. The predicted octanol–water partition coefficient (Wildman–Crippen LogP) is 3.19. The van der Waals surface area contributed by atoms with Crippen LogP contribution in [-0.2, 0) is 4.74 Å². The van der Waals surface area contributed by atoms with Crippen LogP contribution in [0.3, 0.4) is 0 Å². The van der Waals surface area contributed by atoms with Crippen LogP contribution in [0.4, 0.5) is 8.78 Å². The summed E-state index contributed by atoms with van der Waals surface area (Å²) in [7, 11) is 0. The highest BCUT2D eigenvalue weighted by atomic mass is 19.3. The Hall–Kier alpha value is -1.40. The summed E-state index contributed by atoms with van der Waals surface area (Å²) < 4.78 is 39.5. The van der Waals surface area contributed by atoms with Crippen molar-refractivity contribution < 1.29 is 28.1 Å². The Bertz CT molecular complexity index is 413. The highest BCUT2D eigenvalue weighted by molar-refractivity contribution is 5.43. The molecule has 1 aromatic rings. The summed E-state index contributed by atoms with van der Waals surface area (Å²) in [4.78, 5) is 0. The van der Waals surface area contributed by atoms with E-state index >= 15 is 0 Å². The number of aliphatic hydroxyl groups is 1. The third-order valence-electron chi connectivity index (χ3n) is 2.73. The lowest BCUT2D eigenvalue weighted by Crippen LogP contribution is -2.09. The van der Waals surface area contributed by atoms with Crippen molar-refractivity contribution >= 4 is 0 Å². The maximum atomic E-state index is 11.9. The van der Waals surface area contributed by atoms with Crippen molar-refractivity contribution in [2.24, 2.45) is 0 Å². The van der Waals surface area contributed by atoms with E-state index in [2.05, 4.69) is 0 Å². The normalized spacial score (nSPS) is 12.5.